The van der Waals surface area contributed by atoms with E-state index in [0.29, 0.717) is 24.5 Å². The average molecular weight is 332 g/mol. The molecule has 2 N–H and O–H groups in total. The fraction of sp³-hybridized carbons (Fsp3) is 0.312. The number of nitro benzene ring substituents is 1. The Morgan fingerprint density at radius 1 is 1.42 bits per heavy atom. The topological polar surface area (TPSA) is 94.5 Å². The zero-order valence-corrected chi connectivity index (χ0v) is 12.9. The lowest BCUT2D eigenvalue weighted by Gasteiger charge is -2.34. The van der Waals surface area contributed by atoms with Crippen LogP contribution in [0, 0.1) is 15.9 Å². The normalized spacial score (nSPS) is 17.5. The number of nitrogens with two attached hydrogens (primary N) is 1. The van der Waals surface area contributed by atoms with E-state index in [0.717, 1.165) is 12.8 Å². The van der Waals surface area contributed by atoms with Gasteiger partial charge in [0.1, 0.15) is 11.8 Å². The van der Waals surface area contributed by atoms with Gasteiger partial charge in [0.2, 0.25) is 0 Å². The SMILES string of the molecule is Nc1ccc([N+](=O)[O-])c(N2CCCC(Oc3ncccc3F)C2)c1. The molecule has 1 aliphatic rings. The van der Waals surface area contributed by atoms with Gasteiger partial charge in [-0.15, -0.1) is 0 Å². The minimum Gasteiger partial charge on any atom is -0.470 e. The summed E-state index contributed by atoms with van der Waals surface area (Å²) in [5.41, 5.74) is 6.67. The van der Waals surface area contributed by atoms with Gasteiger partial charge in [-0.3, -0.25) is 10.1 Å². The average Bonchev–Trinajstić information content (AvgIpc) is 2.57. The summed E-state index contributed by atoms with van der Waals surface area (Å²) < 4.78 is 19.3. The zero-order valence-electron chi connectivity index (χ0n) is 12.9. The first-order chi connectivity index (χ1) is 11.5. The number of aromatic nitrogens is 1. The molecule has 24 heavy (non-hydrogen) atoms. The Balaban J connectivity index is 1.80. The molecule has 126 valence electrons. The lowest BCUT2D eigenvalue weighted by molar-refractivity contribution is -0.384. The number of piperidine rings is 1. The summed E-state index contributed by atoms with van der Waals surface area (Å²) in [5, 5.41) is 11.2. The van der Waals surface area contributed by atoms with Gasteiger partial charge in [0.25, 0.3) is 11.6 Å². The lowest BCUT2D eigenvalue weighted by Crippen LogP contribution is -2.41. The molecule has 0 bridgehead atoms. The van der Waals surface area contributed by atoms with Crippen LogP contribution in [0.4, 0.5) is 21.5 Å². The maximum absolute atomic E-state index is 13.7. The number of pyridine rings is 1. The smallest absolute Gasteiger partial charge is 0.292 e. The summed E-state index contributed by atoms with van der Waals surface area (Å²) in [6.45, 7) is 1.05. The Morgan fingerprint density at radius 2 is 2.25 bits per heavy atom. The van der Waals surface area contributed by atoms with Crippen molar-refractivity contribution in [2.24, 2.45) is 0 Å². The van der Waals surface area contributed by atoms with Crippen molar-refractivity contribution in [3.05, 3.63) is 52.5 Å². The van der Waals surface area contributed by atoms with Crippen LogP contribution in [0.2, 0.25) is 0 Å². The van der Waals surface area contributed by atoms with Gasteiger partial charge >= 0.3 is 0 Å². The van der Waals surface area contributed by atoms with Crippen molar-refractivity contribution in [2.45, 2.75) is 18.9 Å². The van der Waals surface area contributed by atoms with Gasteiger partial charge in [0, 0.05) is 24.5 Å². The number of nitrogen functional groups attached to an aromatic ring is 1. The molecule has 1 aromatic carbocycles. The molecule has 1 saturated heterocycles. The van der Waals surface area contributed by atoms with Gasteiger partial charge in [-0.2, -0.15) is 0 Å². The lowest BCUT2D eigenvalue weighted by atomic mass is 10.1. The van der Waals surface area contributed by atoms with Crippen molar-refractivity contribution in [2.75, 3.05) is 23.7 Å². The number of halogens is 1. The van der Waals surface area contributed by atoms with Crippen molar-refractivity contribution in [1.29, 1.82) is 0 Å². The van der Waals surface area contributed by atoms with Crippen LogP contribution in [0.5, 0.6) is 5.88 Å². The first-order valence-electron chi connectivity index (χ1n) is 7.60. The Bertz CT molecular complexity index is 756. The molecule has 3 rings (SSSR count). The van der Waals surface area contributed by atoms with E-state index in [1.165, 1.54) is 30.5 Å². The van der Waals surface area contributed by atoms with Crippen LogP contribution < -0.4 is 15.4 Å². The molecule has 0 spiro atoms. The third-order valence-electron chi connectivity index (χ3n) is 3.92. The molecule has 0 aliphatic carbocycles. The first-order valence-corrected chi connectivity index (χ1v) is 7.60. The third-order valence-corrected chi connectivity index (χ3v) is 3.92. The van der Waals surface area contributed by atoms with E-state index in [1.54, 1.807) is 6.07 Å². The summed E-state index contributed by atoms with van der Waals surface area (Å²) in [7, 11) is 0. The standard InChI is InChI=1S/C16H17FN4O3/c17-13-4-1-7-19-16(13)24-12-3-2-8-20(10-12)15-9-11(18)5-6-14(15)21(22)23/h1,4-7,9,12H,2-3,8,10,18H2. The summed E-state index contributed by atoms with van der Waals surface area (Å²) in [6.07, 6.45) is 2.65. The number of benzene rings is 1. The van der Waals surface area contributed by atoms with Gasteiger partial charge in [-0.25, -0.2) is 9.37 Å². The third kappa shape index (κ3) is 3.37. The highest BCUT2D eigenvalue weighted by Gasteiger charge is 2.27. The van der Waals surface area contributed by atoms with Crippen LogP contribution in [0.15, 0.2) is 36.5 Å². The maximum atomic E-state index is 13.7. The number of nitrogens with zero attached hydrogens (tertiary/aromatic N) is 3. The number of hydrogen-bond donors (Lipinski definition) is 1. The van der Waals surface area contributed by atoms with E-state index in [2.05, 4.69) is 4.98 Å². The van der Waals surface area contributed by atoms with E-state index in [4.69, 9.17) is 10.5 Å². The van der Waals surface area contributed by atoms with E-state index in [9.17, 15) is 14.5 Å². The molecule has 1 atom stereocenters. The van der Waals surface area contributed by atoms with Crippen molar-refractivity contribution in [3.63, 3.8) is 0 Å². The first kappa shape index (κ1) is 16.0. The number of anilines is 2. The van der Waals surface area contributed by atoms with Crippen molar-refractivity contribution in [3.8, 4) is 5.88 Å². The van der Waals surface area contributed by atoms with Gasteiger partial charge in [-0.05, 0) is 37.1 Å². The molecule has 0 radical (unpaired) electrons. The molecule has 0 amide bonds. The Morgan fingerprint density at radius 3 is 3.00 bits per heavy atom. The molecule has 2 heterocycles. The number of nitro groups is 1. The van der Waals surface area contributed by atoms with Crippen LogP contribution in [-0.2, 0) is 0 Å². The van der Waals surface area contributed by atoms with Crippen LogP contribution in [-0.4, -0.2) is 29.1 Å². The molecule has 1 fully saturated rings. The summed E-state index contributed by atoms with van der Waals surface area (Å²) in [6, 6.07) is 7.26. The molecular weight excluding hydrogens is 315 g/mol. The van der Waals surface area contributed by atoms with Crippen LogP contribution in [0.25, 0.3) is 0 Å². The fourth-order valence-corrected chi connectivity index (χ4v) is 2.82. The van der Waals surface area contributed by atoms with Crippen LogP contribution in [0.1, 0.15) is 12.8 Å². The van der Waals surface area contributed by atoms with E-state index < -0.39 is 10.7 Å². The molecule has 7 nitrogen and oxygen atoms in total. The highest BCUT2D eigenvalue weighted by Crippen LogP contribution is 2.32. The predicted octanol–water partition coefficient (Wildman–Crippen LogP) is 2.76. The Kier molecular flexibility index (Phi) is 4.45. The highest BCUT2D eigenvalue weighted by molar-refractivity contribution is 5.69. The monoisotopic (exact) mass is 332 g/mol. The second-order valence-electron chi connectivity index (χ2n) is 5.62. The van der Waals surface area contributed by atoms with Crippen molar-refractivity contribution < 1.29 is 14.1 Å². The zero-order chi connectivity index (χ0) is 17.1. The second kappa shape index (κ2) is 6.69. The van der Waals surface area contributed by atoms with Gasteiger partial charge in [0.15, 0.2) is 5.82 Å². The quantitative estimate of drug-likeness (QED) is 0.525. The minimum atomic E-state index is -0.524. The maximum Gasteiger partial charge on any atom is 0.292 e. The molecule has 8 heteroatoms. The van der Waals surface area contributed by atoms with Crippen LogP contribution >= 0.6 is 0 Å². The van der Waals surface area contributed by atoms with Crippen LogP contribution in [0.3, 0.4) is 0 Å². The number of rotatable bonds is 4. The van der Waals surface area contributed by atoms with E-state index >= 15 is 0 Å². The Labute approximate surface area is 138 Å². The summed E-state index contributed by atoms with van der Waals surface area (Å²) in [5.74, 6) is -0.573. The summed E-state index contributed by atoms with van der Waals surface area (Å²) >= 11 is 0. The number of ether oxygens (including phenoxy) is 1. The highest BCUT2D eigenvalue weighted by atomic mass is 19.1. The largest absolute Gasteiger partial charge is 0.470 e. The van der Waals surface area contributed by atoms with E-state index in [-0.39, 0.29) is 17.7 Å². The van der Waals surface area contributed by atoms with Crippen molar-refractivity contribution in [1.82, 2.24) is 4.98 Å². The molecule has 1 aliphatic heterocycles. The molecule has 2 aromatic rings. The van der Waals surface area contributed by atoms with Gasteiger partial charge < -0.3 is 15.4 Å². The summed E-state index contributed by atoms with van der Waals surface area (Å²) in [4.78, 5) is 16.5. The predicted molar refractivity (Wildman–Crippen MR) is 87.6 cm³/mol. The number of hydrogen-bond acceptors (Lipinski definition) is 6. The van der Waals surface area contributed by atoms with Crippen molar-refractivity contribution >= 4 is 17.1 Å². The van der Waals surface area contributed by atoms with Gasteiger partial charge in [0.05, 0.1) is 11.5 Å². The molecule has 1 unspecified atom stereocenters. The fourth-order valence-electron chi connectivity index (χ4n) is 2.82. The van der Waals surface area contributed by atoms with E-state index in [1.807, 2.05) is 4.90 Å². The molecule has 1 aromatic heterocycles. The minimum absolute atomic E-state index is 0.00568. The second-order valence-corrected chi connectivity index (χ2v) is 5.62. The molecule has 0 saturated carbocycles. The van der Waals surface area contributed by atoms with Gasteiger partial charge in [-0.1, -0.05) is 0 Å². The molecular formula is C16H17FN4O3. The Hall–Kier alpha value is -2.90.